The topological polar surface area (TPSA) is 57.7 Å². The number of thiophene rings is 1. The number of esters is 1. The second-order valence-electron chi connectivity index (χ2n) is 3.74. The first-order valence-electron chi connectivity index (χ1n) is 5.60. The van der Waals surface area contributed by atoms with E-state index >= 15 is 0 Å². The van der Waals surface area contributed by atoms with Gasteiger partial charge in [0, 0.05) is 24.1 Å². The summed E-state index contributed by atoms with van der Waals surface area (Å²) in [7, 11) is 2.78. The number of aromatic nitrogens is 1. The summed E-state index contributed by atoms with van der Waals surface area (Å²) in [6, 6.07) is 2.84. The molecule has 0 aromatic carbocycles. The van der Waals surface area contributed by atoms with E-state index in [2.05, 4.69) is 9.72 Å². The van der Waals surface area contributed by atoms with Gasteiger partial charge in [0.15, 0.2) is 12.5 Å². The summed E-state index contributed by atoms with van der Waals surface area (Å²) >= 11 is 1.22. The summed E-state index contributed by atoms with van der Waals surface area (Å²) in [5.41, 5.74) is 1.09. The summed E-state index contributed by atoms with van der Waals surface area (Å²) in [6.07, 6.45) is 1.09. The summed E-state index contributed by atoms with van der Waals surface area (Å²) in [5.74, 6) is -0.688. The van der Waals surface area contributed by atoms with Crippen LogP contribution in [-0.2, 0) is 9.47 Å². The number of nitrogens with zero attached hydrogens (tertiary/aromatic N) is 1. The van der Waals surface area contributed by atoms with Crippen LogP contribution < -0.4 is 4.74 Å². The number of ether oxygens (including phenoxy) is 3. The molecule has 2 rings (SSSR count). The average Bonchev–Trinajstić information content (AvgIpc) is 2.94. The Balaban J connectivity index is 2.36. The van der Waals surface area contributed by atoms with Gasteiger partial charge in [0.25, 0.3) is 0 Å². The standard InChI is InChI=1S/C13H12FNO4S/c1-17-7-19-10-4-9(14)5-15-12(10)8-3-11(20-6-8)13(16)18-2/h3-6H,7H2,1-2H3. The number of methoxy groups -OCH3 is 2. The molecule has 0 spiro atoms. The Morgan fingerprint density at radius 3 is 2.90 bits per heavy atom. The van der Waals surface area contributed by atoms with E-state index in [1.807, 2.05) is 0 Å². The van der Waals surface area contributed by atoms with Gasteiger partial charge in [-0.3, -0.25) is 0 Å². The van der Waals surface area contributed by atoms with E-state index in [0.29, 0.717) is 16.1 Å². The zero-order valence-corrected chi connectivity index (χ0v) is 11.7. The lowest BCUT2D eigenvalue weighted by Gasteiger charge is -2.08. The molecule has 0 fully saturated rings. The van der Waals surface area contributed by atoms with Gasteiger partial charge >= 0.3 is 5.97 Å². The van der Waals surface area contributed by atoms with E-state index in [1.54, 1.807) is 11.4 Å². The third-order valence-corrected chi connectivity index (χ3v) is 3.32. The Bertz CT molecular complexity index is 614. The van der Waals surface area contributed by atoms with Crippen molar-refractivity contribution < 1.29 is 23.4 Å². The van der Waals surface area contributed by atoms with Crippen molar-refractivity contribution in [2.24, 2.45) is 0 Å². The summed E-state index contributed by atoms with van der Waals surface area (Å²) in [6.45, 7) is -0.0217. The van der Waals surface area contributed by atoms with Gasteiger partial charge in [0.05, 0.1) is 13.3 Å². The van der Waals surface area contributed by atoms with E-state index in [1.165, 1.54) is 31.6 Å². The van der Waals surface area contributed by atoms with Crippen LogP contribution in [0.2, 0.25) is 0 Å². The van der Waals surface area contributed by atoms with Gasteiger partial charge in [0.2, 0.25) is 0 Å². The van der Waals surface area contributed by atoms with Crippen LogP contribution in [0.5, 0.6) is 5.75 Å². The lowest BCUT2D eigenvalue weighted by molar-refractivity contribution is 0.0510. The molecule has 0 aliphatic heterocycles. The molecule has 5 nitrogen and oxygen atoms in total. The number of pyridine rings is 1. The fourth-order valence-corrected chi connectivity index (χ4v) is 2.35. The van der Waals surface area contributed by atoms with Crippen molar-refractivity contribution in [3.8, 4) is 17.0 Å². The summed E-state index contributed by atoms with van der Waals surface area (Å²) < 4.78 is 27.9. The van der Waals surface area contributed by atoms with Crippen molar-refractivity contribution in [1.29, 1.82) is 0 Å². The van der Waals surface area contributed by atoms with Crippen molar-refractivity contribution in [2.45, 2.75) is 0 Å². The van der Waals surface area contributed by atoms with Crippen molar-refractivity contribution in [1.82, 2.24) is 4.98 Å². The van der Waals surface area contributed by atoms with Gasteiger partial charge in [-0.25, -0.2) is 14.2 Å². The molecule has 0 amide bonds. The number of rotatable bonds is 5. The molecule has 0 aliphatic carbocycles. The van der Waals surface area contributed by atoms with Gasteiger partial charge in [0.1, 0.15) is 16.4 Å². The minimum atomic E-state index is -0.511. The van der Waals surface area contributed by atoms with Gasteiger partial charge in [-0.1, -0.05) is 0 Å². The molecule has 7 heteroatoms. The van der Waals surface area contributed by atoms with Gasteiger partial charge < -0.3 is 14.2 Å². The number of carbonyl (C=O) groups excluding carboxylic acids is 1. The normalized spacial score (nSPS) is 10.3. The van der Waals surface area contributed by atoms with Crippen LogP contribution in [0.3, 0.4) is 0 Å². The van der Waals surface area contributed by atoms with Crippen LogP contribution in [0.25, 0.3) is 11.3 Å². The molecule has 0 bridgehead atoms. The molecule has 0 unspecified atom stereocenters. The molecule has 2 aromatic rings. The monoisotopic (exact) mass is 297 g/mol. The maximum Gasteiger partial charge on any atom is 0.348 e. The highest BCUT2D eigenvalue weighted by molar-refractivity contribution is 7.12. The average molecular weight is 297 g/mol. The van der Waals surface area contributed by atoms with Crippen LogP contribution in [0.15, 0.2) is 23.7 Å². The van der Waals surface area contributed by atoms with Crippen molar-refractivity contribution >= 4 is 17.3 Å². The van der Waals surface area contributed by atoms with E-state index in [-0.39, 0.29) is 12.5 Å². The zero-order valence-electron chi connectivity index (χ0n) is 10.9. The predicted octanol–water partition coefficient (Wildman–Crippen LogP) is 2.72. The van der Waals surface area contributed by atoms with E-state index in [0.717, 1.165) is 6.20 Å². The Morgan fingerprint density at radius 1 is 1.40 bits per heavy atom. The minimum absolute atomic E-state index is 0.0217. The second kappa shape index (κ2) is 6.44. The quantitative estimate of drug-likeness (QED) is 0.627. The van der Waals surface area contributed by atoms with Crippen LogP contribution >= 0.6 is 11.3 Å². The first-order chi connectivity index (χ1) is 9.65. The zero-order chi connectivity index (χ0) is 14.5. The molecule has 0 N–H and O–H groups in total. The number of halogens is 1. The van der Waals surface area contributed by atoms with Crippen LogP contribution in [-0.4, -0.2) is 32.0 Å². The van der Waals surface area contributed by atoms with Crippen molar-refractivity contribution in [2.75, 3.05) is 21.0 Å². The van der Waals surface area contributed by atoms with E-state index in [9.17, 15) is 9.18 Å². The lowest BCUT2D eigenvalue weighted by Crippen LogP contribution is -2.02. The van der Waals surface area contributed by atoms with E-state index in [4.69, 9.17) is 9.47 Å². The molecule has 0 radical (unpaired) electrons. The fraction of sp³-hybridized carbons (Fsp3) is 0.231. The van der Waals surface area contributed by atoms with Crippen LogP contribution in [0.1, 0.15) is 9.67 Å². The third-order valence-electron chi connectivity index (χ3n) is 2.41. The number of carbonyl (C=O) groups is 1. The summed E-state index contributed by atoms with van der Waals surface area (Å²) in [5, 5.41) is 1.73. The SMILES string of the molecule is COCOc1cc(F)cnc1-c1csc(C(=O)OC)c1. The molecule has 20 heavy (non-hydrogen) atoms. The first kappa shape index (κ1) is 14.4. The Morgan fingerprint density at radius 2 is 2.20 bits per heavy atom. The predicted molar refractivity (Wildman–Crippen MR) is 71.4 cm³/mol. The largest absolute Gasteiger partial charge is 0.465 e. The smallest absolute Gasteiger partial charge is 0.348 e. The molecule has 0 aliphatic rings. The minimum Gasteiger partial charge on any atom is -0.465 e. The second-order valence-corrected chi connectivity index (χ2v) is 4.65. The molecule has 2 heterocycles. The first-order valence-corrected chi connectivity index (χ1v) is 6.48. The summed E-state index contributed by atoms with van der Waals surface area (Å²) in [4.78, 5) is 15.9. The van der Waals surface area contributed by atoms with E-state index < -0.39 is 11.8 Å². The number of hydrogen-bond acceptors (Lipinski definition) is 6. The highest BCUT2D eigenvalue weighted by Gasteiger charge is 2.15. The Labute approximate surface area is 118 Å². The molecule has 0 atom stereocenters. The van der Waals surface area contributed by atoms with Crippen molar-refractivity contribution in [3.63, 3.8) is 0 Å². The molecular formula is C13H12FNO4S. The van der Waals surface area contributed by atoms with Gasteiger partial charge in [-0.05, 0) is 6.07 Å². The fourth-order valence-electron chi connectivity index (χ4n) is 1.54. The molecule has 0 saturated heterocycles. The highest BCUT2D eigenvalue weighted by Crippen LogP contribution is 2.32. The maximum absolute atomic E-state index is 13.2. The maximum atomic E-state index is 13.2. The van der Waals surface area contributed by atoms with Gasteiger partial charge in [-0.2, -0.15) is 0 Å². The molecule has 106 valence electrons. The Kier molecular flexibility index (Phi) is 4.65. The highest BCUT2D eigenvalue weighted by atomic mass is 32.1. The van der Waals surface area contributed by atoms with Crippen LogP contribution in [0, 0.1) is 5.82 Å². The Hall–Kier alpha value is -1.99. The lowest BCUT2D eigenvalue weighted by atomic mass is 10.2. The third kappa shape index (κ3) is 3.12. The number of hydrogen-bond donors (Lipinski definition) is 0. The molecule has 0 saturated carbocycles. The molecular weight excluding hydrogens is 285 g/mol. The van der Waals surface area contributed by atoms with Gasteiger partial charge in [-0.15, -0.1) is 11.3 Å². The van der Waals surface area contributed by atoms with Crippen molar-refractivity contribution in [3.05, 3.63) is 34.4 Å². The molecule has 2 aromatic heterocycles. The van der Waals surface area contributed by atoms with Crippen LogP contribution in [0.4, 0.5) is 4.39 Å².